The first-order chi connectivity index (χ1) is 9.81. The van der Waals surface area contributed by atoms with Crippen LogP contribution >= 0.6 is 15.9 Å². The van der Waals surface area contributed by atoms with Gasteiger partial charge >= 0.3 is 0 Å². The molecule has 0 heterocycles. The minimum atomic E-state index is -3.93. The zero-order valence-electron chi connectivity index (χ0n) is 12.2. The Morgan fingerprint density at radius 1 is 1.43 bits per heavy atom. The fraction of sp³-hybridized carbons (Fsp3) is 0.538. The van der Waals surface area contributed by atoms with Crippen LogP contribution in [-0.4, -0.2) is 34.7 Å². The Labute approximate surface area is 133 Å². The molecule has 0 spiro atoms. The first-order valence-electron chi connectivity index (χ1n) is 6.53. The average Bonchev–Trinajstić information content (AvgIpc) is 2.45. The summed E-state index contributed by atoms with van der Waals surface area (Å²) in [6, 6.07) is 2.82. The van der Waals surface area contributed by atoms with E-state index in [1.54, 1.807) is 13.0 Å². The normalized spacial score (nSPS) is 13.4. The fourth-order valence-electron chi connectivity index (χ4n) is 1.59. The minimum Gasteiger partial charge on any atom is -0.380 e. The lowest BCUT2D eigenvalue weighted by Gasteiger charge is -2.14. The molecule has 0 saturated carbocycles. The molecular formula is C13H20BrFN2O3S. The molecule has 1 rings (SSSR count). The largest absolute Gasteiger partial charge is 0.380 e. The van der Waals surface area contributed by atoms with Crippen LogP contribution in [0.25, 0.3) is 0 Å². The Morgan fingerprint density at radius 2 is 2.10 bits per heavy atom. The first-order valence-corrected chi connectivity index (χ1v) is 8.80. The quantitative estimate of drug-likeness (QED) is 0.721. The fourth-order valence-corrected chi connectivity index (χ4v) is 3.51. The zero-order chi connectivity index (χ0) is 16.0. The Balaban J connectivity index is 3.08. The van der Waals surface area contributed by atoms with Crippen molar-refractivity contribution in [2.24, 2.45) is 0 Å². The third kappa shape index (κ3) is 5.30. The van der Waals surface area contributed by atoms with E-state index in [0.717, 1.165) is 0 Å². The second-order valence-corrected chi connectivity index (χ2v) is 7.21. The molecule has 0 radical (unpaired) electrons. The van der Waals surface area contributed by atoms with E-state index in [1.807, 2.05) is 6.92 Å². The first kappa shape index (κ1) is 18.5. The molecule has 8 heteroatoms. The van der Waals surface area contributed by atoms with Gasteiger partial charge in [-0.3, -0.25) is 0 Å². The molecule has 2 N–H and O–H groups in total. The number of ether oxygens (including phenoxy) is 1. The Kier molecular flexibility index (Phi) is 7.22. The Hall–Kier alpha value is -0.540. The molecular weight excluding hydrogens is 363 g/mol. The van der Waals surface area contributed by atoms with Crippen LogP contribution in [0.4, 0.5) is 4.39 Å². The lowest BCUT2D eigenvalue weighted by atomic mass is 10.2. The molecule has 21 heavy (non-hydrogen) atoms. The van der Waals surface area contributed by atoms with Crippen LogP contribution in [0.15, 0.2) is 21.5 Å². The molecule has 0 aliphatic heterocycles. The maximum absolute atomic E-state index is 14.4. The number of hydrogen-bond acceptors (Lipinski definition) is 4. The van der Waals surface area contributed by atoms with Gasteiger partial charge < -0.3 is 10.1 Å². The molecule has 1 unspecified atom stereocenters. The monoisotopic (exact) mass is 382 g/mol. The number of rotatable bonds is 8. The maximum Gasteiger partial charge on any atom is 0.243 e. The van der Waals surface area contributed by atoms with Gasteiger partial charge in [-0.2, -0.15) is 0 Å². The van der Waals surface area contributed by atoms with Crippen LogP contribution in [0.3, 0.4) is 0 Å². The lowest BCUT2D eigenvalue weighted by Crippen LogP contribution is -2.32. The summed E-state index contributed by atoms with van der Waals surface area (Å²) in [6.45, 7) is 4.61. The highest BCUT2D eigenvalue weighted by atomic mass is 79.9. The van der Waals surface area contributed by atoms with Gasteiger partial charge in [0.1, 0.15) is 10.7 Å². The molecule has 5 nitrogen and oxygen atoms in total. The molecule has 1 aromatic rings. The topological polar surface area (TPSA) is 67.4 Å². The second-order valence-electron chi connectivity index (χ2n) is 4.56. The summed E-state index contributed by atoms with van der Waals surface area (Å²) in [4.78, 5) is -0.368. The van der Waals surface area contributed by atoms with E-state index in [9.17, 15) is 12.8 Å². The molecule has 1 atom stereocenters. The minimum absolute atomic E-state index is 0.0767. The van der Waals surface area contributed by atoms with E-state index < -0.39 is 15.8 Å². The van der Waals surface area contributed by atoms with Crippen molar-refractivity contribution < 1.29 is 17.5 Å². The summed E-state index contributed by atoms with van der Waals surface area (Å²) in [5, 5.41) is 2.97. The van der Waals surface area contributed by atoms with Gasteiger partial charge in [0.15, 0.2) is 0 Å². The van der Waals surface area contributed by atoms with Gasteiger partial charge in [0.2, 0.25) is 10.0 Å². The standard InChI is InChI=1S/C13H20BrFN2O3S/c1-4-16-8-10-5-11(14)6-12(13(10)15)21(18,19)17-7-9(2)20-3/h5-6,9,16-17H,4,7-8H2,1-3H3. The Morgan fingerprint density at radius 3 is 2.67 bits per heavy atom. The smallest absolute Gasteiger partial charge is 0.243 e. The predicted molar refractivity (Wildman–Crippen MR) is 83.1 cm³/mol. The van der Waals surface area contributed by atoms with Crippen molar-refractivity contribution in [3.63, 3.8) is 0 Å². The van der Waals surface area contributed by atoms with Crippen molar-refractivity contribution >= 4 is 26.0 Å². The van der Waals surface area contributed by atoms with Crippen molar-refractivity contribution in [1.82, 2.24) is 10.0 Å². The van der Waals surface area contributed by atoms with Crippen LogP contribution in [-0.2, 0) is 21.3 Å². The average molecular weight is 383 g/mol. The number of benzene rings is 1. The van der Waals surface area contributed by atoms with Crippen molar-refractivity contribution in [1.29, 1.82) is 0 Å². The molecule has 0 aliphatic carbocycles. The summed E-state index contributed by atoms with van der Waals surface area (Å²) in [6.07, 6.45) is -0.295. The Bertz CT molecular complexity index is 581. The van der Waals surface area contributed by atoms with Gasteiger partial charge in [-0.05, 0) is 25.6 Å². The van der Waals surface area contributed by atoms with Crippen molar-refractivity contribution in [3.05, 3.63) is 28.0 Å². The van der Waals surface area contributed by atoms with Crippen LogP contribution in [0.5, 0.6) is 0 Å². The predicted octanol–water partition coefficient (Wildman–Crippen LogP) is 2.01. The summed E-state index contributed by atoms with van der Waals surface area (Å²) in [5.41, 5.74) is 0.298. The van der Waals surface area contributed by atoms with E-state index in [0.29, 0.717) is 16.6 Å². The molecule has 1 aromatic carbocycles. The summed E-state index contributed by atoms with van der Waals surface area (Å²) in [7, 11) is -2.45. The van der Waals surface area contributed by atoms with Crippen molar-refractivity contribution in [3.8, 4) is 0 Å². The molecule has 0 fully saturated rings. The van der Waals surface area contributed by atoms with Gasteiger partial charge in [-0.25, -0.2) is 17.5 Å². The summed E-state index contributed by atoms with van der Waals surface area (Å²) >= 11 is 3.21. The van der Waals surface area contributed by atoms with Crippen molar-refractivity contribution in [2.75, 3.05) is 20.2 Å². The highest BCUT2D eigenvalue weighted by Gasteiger charge is 2.22. The van der Waals surface area contributed by atoms with E-state index >= 15 is 0 Å². The number of nitrogens with one attached hydrogen (secondary N) is 2. The number of methoxy groups -OCH3 is 1. The van der Waals surface area contributed by atoms with Crippen molar-refractivity contribution in [2.45, 2.75) is 31.4 Å². The lowest BCUT2D eigenvalue weighted by molar-refractivity contribution is 0.122. The van der Waals surface area contributed by atoms with Gasteiger partial charge in [-0.15, -0.1) is 0 Å². The van der Waals surface area contributed by atoms with Gasteiger partial charge in [-0.1, -0.05) is 22.9 Å². The number of hydrogen-bond donors (Lipinski definition) is 2. The van der Waals surface area contributed by atoms with Gasteiger partial charge in [0.05, 0.1) is 6.10 Å². The third-order valence-electron chi connectivity index (χ3n) is 2.90. The highest BCUT2D eigenvalue weighted by molar-refractivity contribution is 9.10. The molecule has 120 valence electrons. The number of sulfonamides is 1. The van der Waals surface area contributed by atoms with E-state index in [1.165, 1.54) is 13.2 Å². The molecule has 0 aromatic heterocycles. The highest BCUT2D eigenvalue weighted by Crippen LogP contribution is 2.24. The van der Waals surface area contributed by atoms with Crippen LogP contribution in [0.2, 0.25) is 0 Å². The number of halogens is 2. The summed E-state index contributed by atoms with van der Waals surface area (Å²) < 4.78 is 46.6. The maximum atomic E-state index is 14.4. The van der Waals surface area contributed by atoms with Crippen LogP contribution in [0.1, 0.15) is 19.4 Å². The summed E-state index contributed by atoms with van der Waals surface area (Å²) in [5.74, 6) is -0.739. The molecule has 0 saturated heterocycles. The molecule has 0 bridgehead atoms. The molecule has 0 aliphatic rings. The SMILES string of the molecule is CCNCc1cc(Br)cc(S(=O)(=O)NCC(C)OC)c1F. The molecule has 0 amide bonds. The van der Waals surface area contributed by atoms with E-state index in [2.05, 4.69) is 26.0 Å². The van der Waals surface area contributed by atoms with Crippen LogP contribution < -0.4 is 10.0 Å². The zero-order valence-corrected chi connectivity index (χ0v) is 14.6. The third-order valence-corrected chi connectivity index (χ3v) is 4.78. The van der Waals surface area contributed by atoms with E-state index in [-0.39, 0.29) is 24.1 Å². The van der Waals surface area contributed by atoms with Gasteiger partial charge in [0.25, 0.3) is 0 Å². The van der Waals surface area contributed by atoms with E-state index in [4.69, 9.17) is 4.74 Å². The van der Waals surface area contributed by atoms with Gasteiger partial charge in [0, 0.05) is 30.2 Å². The van der Waals surface area contributed by atoms with Crippen LogP contribution in [0, 0.1) is 5.82 Å². The second kappa shape index (κ2) is 8.19.